The van der Waals surface area contributed by atoms with Crippen molar-refractivity contribution in [2.45, 2.75) is 50.7 Å². The molecule has 158 valence electrons. The summed E-state index contributed by atoms with van der Waals surface area (Å²) >= 11 is 1.67. The fraction of sp³-hybridized carbons (Fsp3) is 0.364. The van der Waals surface area contributed by atoms with Gasteiger partial charge in [0.2, 0.25) is 0 Å². The quantitative estimate of drug-likeness (QED) is 0.482. The third kappa shape index (κ3) is 3.63. The van der Waals surface area contributed by atoms with Gasteiger partial charge >= 0.3 is 0 Å². The highest BCUT2D eigenvalue weighted by atomic mass is 35.5. The third-order valence-electron chi connectivity index (χ3n) is 6.16. The molecule has 1 unspecified atom stereocenters. The number of aryl methyl sites for hydroxylation is 1. The molecule has 2 fully saturated rings. The second kappa shape index (κ2) is 7.75. The van der Waals surface area contributed by atoms with Gasteiger partial charge in [0.1, 0.15) is 11.6 Å². The molecule has 2 aliphatic heterocycles. The van der Waals surface area contributed by atoms with Crippen LogP contribution in [0, 0.1) is 18.3 Å². The second-order valence-electron chi connectivity index (χ2n) is 8.37. The maximum absolute atomic E-state index is 9.54. The first-order chi connectivity index (χ1) is 14.6. The summed E-state index contributed by atoms with van der Waals surface area (Å²) < 4.78 is 3.00. The van der Waals surface area contributed by atoms with Gasteiger partial charge in [0.15, 0.2) is 10.8 Å². The number of nitrogens with zero attached hydrogens (tertiary/aromatic N) is 5. The largest absolute Gasteiger partial charge is 0.359 e. The number of aromatic nitrogens is 4. The molecule has 4 aromatic heterocycles. The van der Waals surface area contributed by atoms with E-state index in [1.54, 1.807) is 11.3 Å². The Balaban J connectivity index is 0.00000204. The van der Waals surface area contributed by atoms with Crippen LogP contribution in [0.1, 0.15) is 36.9 Å². The zero-order valence-corrected chi connectivity index (χ0v) is 18.6. The fourth-order valence-electron chi connectivity index (χ4n) is 4.84. The Morgan fingerprint density at radius 1 is 1.19 bits per heavy atom. The molecule has 2 aliphatic rings. The number of rotatable bonds is 3. The van der Waals surface area contributed by atoms with Crippen molar-refractivity contribution < 1.29 is 0 Å². The van der Waals surface area contributed by atoms with Crippen LogP contribution in [0.4, 0.5) is 5.13 Å². The van der Waals surface area contributed by atoms with Crippen LogP contribution in [0.3, 0.4) is 0 Å². The number of hydrogen-bond acceptors (Lipinski definition) is 7. The van der Waals surface area contributed by atoms with Crippen LogP contribution >= 0.6 is 23.7 Å². The molecule has 0 aromatic carbocycles. The van der Waals surface area contributed by atoms with E-state index < -0.39 is 0 Å². The van der Waals surface area contributed by atoms with Crippen LogP contribution in [0.15, 0.2) is 30.7 Å². The van der Waals surface area contributed by atoms with Crippen molar-refractivity contribution in [3.63, 3.8) is 0 Å². The zero-order valence-electron chi connectivity index (χ0n) is 17.0. The van der Waals surface area contributed by atoms with Crippen molar-refractivity contribution in [2.24, 2.45) is 0 Å². The van der Waals surface area contributed by atoms with Crippen molar-refractivity contribution in [1.82, 2.24) is 24.7 Å². The number of hydrogen-bond donors (Lipinski definition) is 2. The summed E-state index contributed by atoms with van der Waals surface area (Å²) in [5.74, 6) is 0. The summed E-state index contributed by atoms with van der Waals surface area (Å²) in [6.07, 6.45) is 10.7. The zero-order chi connectivity index (χ0) is 20.2. The normalized spacial score (nSPS) is 22.4. The molecule has 0 saturated carbocycles. The average molecular weight is 452 g/mol. The number of thiazole rings is 1. The highest BCUT2D eigenvalue weighted by Gasteiger charge is 2.33. The minimum absolute atomic E-state index is 0. The minimum Gasteiger partial charge on any atom is -0.359 e. The molecule has 2 saturated heterocycles. The van der Waals surface area contributed by atoms with E-state index in [1.807, 2.05) is 36.0 Å². The lowest BCUT2D eigenvalue weighted by atomic mass is 10.0. The van der Waals surface area contributed by atoms with Crippen molar-refractivity contribution in [2.75, 3.05) is 5.32 Å². The lowest BCUT2D eigenvalue weighted by molar-refractivity contribution is 0.378. The van der Waals surface area contributed by atoms with Gasteiger partial charge < -0.3 is 15.0 Å². The van der Waals surface area contributed by atoms with E-state index in [4.69, 9.17) is 4.98 Å². The molecule has 6 rings (SSSR count). The summed E-state index contributed by atoms with van der Waals surface area (Å²) in [6.45, 7) is 1.93. The van der Waals surface area contributed by atoms with E-state index >= 15 is 0 Å². The Labute approximate surface area is 190 Å². The van der Waals surface area contributed by atoms with Gasteiger partial charge in [0, 0.05) is 36.1 Å². The molecule has 2 N–H and O–H groups in total. The smallest absolute Gasteiger partial charge is 0.184 e. The van der Waals surface area contributed by atoms with Crippen LogP contribution in [-0.4, -0.2) is 37.5 Å². The Morgan fingerprint density at radius 3 is 2.77 bits per heavy atom. The molecular weight excluding hydrogens is 430 g/mol. The van der Waals surface area contributed by atoms with Crippen molar-refractivity contribution in [3.8, 4) is 17.3 Å². The molecule has 7 nitrogen and oxygen atoms in total. The molecule has 0 radical (unpaired) electrons. The molecule has 4 aromatic rings. The molecule has 9 heteroatoms. The molecule has 3 atom stereocenters. The summed E-state index contributed by atoms with van der Waals surface area (Å²) in [4.78, 5) is 13.8. The van der Waals surface area contributed by atoms with Crippen molar-refractivity contribution in [1.29, 1.82) is 5.26 Å². The molecule has 6 heterocycles. The molecule has 0 spiro atoms. The van der Waals surface area contributed by atoms with Gasteiger partial charge in [-0.25, -0.2) is 9.97 Å². The van der Waals surface area contributed by atoms with Crippen LogP contribution in [0.2, 0.25) is 0 Å². The Hall–Kier alpha value is -2.73. The van der Waals surface area contributed by atoms with Gasteiger partial charge in [0.25, 0.3) is 0 Å². The molecule has 2 bridgehead atoms. The van der Waals surface area contributed by atoms with Gasteiger partial charge in [-0.05, 0) is 44.7 Å². The molecular formula is C22H22ClN7S. The maximum Gasteiger partial charge on any atom is 0.184 e. The number of pyridine rings is 2. The standard InChI is InChI=1S/C22H21N7S.ClH/c1-12-10-29-11-14(4-13(8-23)21(29)25-12)18-7-20-19(9-24-18)28-22(30-20)27-17-5-15-2-3-16(6-17)26-15;/h4,7,9-11,15-17,26H,2-3,5-6H2,1H3,(H,27,28);1H/t15-,16+,17?;. The molecule has 0 aliphatic carbocycles. The predicted molar refractivity (Wildman–Crippen MR) is 125 cm³/mol. The van der Waals surface area contributed by atoms with Crippen LogP contribution in [0.5, 0.6) is 0 Å². The van der Waals surface area contributed by atoms with E-state index in [0.29, 0.717) is 29.3 Å². The number of anilines is 1. The van der Waals surface area contributed by atoms with E-state index in [9.17, 15) is 5.26 Å². The number of piperidine rings is 1. The summed E-state index contributed by atoms with van der Waals surface area (Å²) in [7, 11) is 0. The van der Waals surface area contributed by atoms with Crippen LogP contribution < -0.4 is 10.6 Å². The van der Waals surface area contributed by atoms with Gasteiger partial charge in [-0.2, -0.15) is 5.26 Å². The first-order valence-electron chi connectivity index (χ1n) is 10.3. The van der Waals surface area contributed by atoms with E-state index in [0.717, 1.165) is 45.1 Å². The van der Waals surface area contributed by atoms with Gasteiger partial charge in [-0.3, -0.25) is 4.98 Å². The molecule has 31 heavy (non-hydrogen) atoms. The molecule has 0 amide bonds. The third-order valence-corrected chi connectivity index (χ3v) is 7.11. The Bertz CT molecular complexity index is 1310. The Morgan fingerprint density at radius 2 is 2.00 bits per heavy atom. The van der Waals surface area contributed by atoms with Crippen molar-refractivity contribution >= 4 is 44.7 Å². The highest BCUT2D eigenvalue weighted by molar-refractivity contribution is 7.22. The van der Waals surface area contributed by atoms with Gasteiger partial charge in [-0.1, -0.05) is 11.3 Å². The summed E-state index contributed by atoms with van der Waals surface area (Å²) in [6, 6.07) is 7.98. The van der Waals surface area contributed by atoms with Gasteiger partial charge in [0.05, 0.1) is 27.8 Å². The Kier molecular flexibility index (Phi) is 5.05. The SMILES string of the molecule is Cc1cn2cc(-c3cc4sc(NC5C[C@H]6CC[C@@H](C5)N6)nc4cn3)cc(C#N)c2n1.Cl. The fourth-order valence-corrected chi connectivity index (χ4v) is 5.80. The highest BCUT2D eigenvalue weighted by Crippen LogP contribution is 2.33. The van der Waals surface area contributed by atoms with Crippen molar-refractivity contribution in [3.05, 3.63) is 42.0 Å². The summed E-state index contributed by atoms with van der Waals surface area (Å²) in [5, 5.41) is 17.9. The maximum atomic E-state index is 9.54. The number of nitriles is 1. The number of nitrogens with one attached hydrogen (secondary N) is 2. The minimum atomic E-state index is 0. The van der Waals surface area contributed by atoms with Crippen LogP contribution in [0.25, 0.3) is 27.1 Å². The first kappa shape index (κ1) is 20.2. The second-order valence-corrected chi connectivity index (χ2v) is 9.40. The monoisotopic (exact) mass is 451 g/mol. The van der Waals surface area contributed by atoms with E-state index in [-0.39, 0.29) is 12.4 Å². The topological polar surface area (TPSA) is 90.9 Å². The lowest BCUT2D eigenvalue weighted by Gasteiger charge is -2.29. The van der Waals surface area contributed by atoms with Gasteiger partial charge in [-0.15, -0.1) is 12.4 Å². The predicted octanol–water partition coefficient (Wildman–Crippen LogP) is 4.30. The number of halogens is 1. The first-order valence-corrected chi connectivity index (χ1v) is 11.2. The lowest BCUT2D eigenvalue weighted by Crippen LogP contribution is -2.43. The number of fused-ring (bicyclic) bond motifs is 4. The summed E-state index contributed by atoms with van der Waals surface area (Å²) in [5.41, 5.74) is 4.76. The number of imidazole rings is 1. The van der Waals surface area contributed by atoms with Crippen LogP contribution in [-0.2, 0) is 0 Å². The van der Waals surface area contributed by atoms with E-state index in [1.165, 1.54) is 12.8 Å². The average Bonchev–Trinajstić information content (AvgIpc) is 3.41. The van der Waals surface area contributed by atoms with E-state index in [2.05, 4.69) is 32.7 Å².